The van der Waals surface area contributed by atoms with Crippen LogP contribution in [0.5, 0.6) is 0 Å². The first-order valence-electron chi connectivity index (χ1n) is 4.70. The standard InChI is InChI=1S/C11H10FNOS2/c1-8-13-6-10(15-8)7-16(14)11-4-2-3-9(12)5-11/h2-6H,7H2,1H3. The minimum absolute atomic E-state index is 0.355. The van der Waals surface area contributed by atoms with Crippen LogP contribution < -0.4 is 0 Å². The number of aryl methyl sites for hydroxylation is 1. The molecule has 0 aliphatic rings. The first-order valence-corrected chi connectivity index (χ1v) is 6.84. The van der Waals surface area contributed by atoms with Gasteiger partial charge in [-0.2, -0.15) is 0 Å². The molecule has 0 spiro atoms. The zero-order chi connectivity index (χ0) is 11.5. The van der Waals surface area contributed by atoms with E-state index < -0.39 is 10.8 Å². The summed E-state index contributed by atoms with van der Waals surface area (Å²) in [7, 11) is -1.20. The van der Waals surface area contributed by atoms with Crippen molar-refractivity contribution in [1.29, 1.82) is 0 Å². The third-order valence-corrected chi connectivity index (χ3v) is 4.45. The molecule has 0 aliphatic carbocycles. The zero-order valence-corrected chi connectivity index (χ0v) is 10.3. The van der Waals surface area contributed by atoms with Gasteiger partial charge in [-0.1, -0.05) is 6.07 Å². The molecule has 5 heteroatoms. The highest BCUT2D eigenvalue weighted by Crippen LogP contribution is 2.18. The maximum Gasteiger partial charge on any atom is 0.124 e. The Morgan fingerprint density at radius 1 is 1.50 bits per heavy atom. The van der Waals surface area contributed by atoms with E-state index in [0.29, 0.717) is 10.6 Å². The molecule has 0 aliphatic heterocycles. The van der Waals surface area contributed by atoms with Gasteiger partial charge in [0.05, 0.1) is 21.6 Å². The minimum atomic E-state index is -1.20. The van der Waals surface area contributed by atoms with Crippen molar-refractivity contribution in [1.82, 2.24) is 4.98 Å². The summed E-state index contributed by atoms with van der Waals surface area (Å²) in [5.74, 6) is 0.0425. The SMILES string of the molecule is Cc1ncc(CS(=O)c2cccc(F)c2)s1. The van der Waals surface area contributed by atoms with Crippen molar-refractivity contribution in [2.75, 3.05) is 0 Å². The van der Waals surface area contributed by atoms with Crippen LogP contribution >= 0.6 is 11.3 Å². The second-order valence-corrected chi connectivity index (χ2v) is 6.06. The Hall–Kier alpha value is -1.07. The molecule has 2 rings (SSSR count). The van der Waals surface area contributed by atoms with Gasteiger partial charge >= 0.3 is 0 Å². The van der Waals surface area contributed by atoms with Gasteiger partial charge in [0.25, 0.3) is 0 Å². The van der Waals surface area contributed by atoms with Crippen LogP contribution in [0.1, 0.15) is 9.88 Å². The van der Waals surface area contributed by atoms with Gasteiger partial charge in [0.15, 0.2) is 0 Å². The lowest BCUT2D eigenvalue weighted by molar-refractivity contribution is 0.622. The van der Waals surface area contributed by atoms with Crippen LogP contribution in [0.3, 0.4) is 0 Å². The second-order valence-electron chi connectivity index (χ2n) is 3.29. The van der Waals surface area contributed by atoms with Gasteiger partial charge in [-0.05, 0) is 25.1 Å². The molecule has 1 aromatic heterocycles. The molecule has 2 aromatic rings. The van der Waals surface area contributed by atoms with Crippen molar-refractivity contribution in [3.8, 4) is 0 Å². The molecule has 84 valence electrons. The predicted octanol–water partition coefficient (Wildman–Crippen LogP) is 2.90. The Bertz CT molecular complexity index is 524. The van der Waals surface area contributed by atoms with Crippen molar-refractivity contribution < 1.29 is 8.60 Å². The van der Waals surface area contributed by atoms with Gasteiger partial charge in [0.2, 0.25) is 0 Å². The van der Waals surface area contributed by atoms with E-state index in [4.69, 9.17) is 0 Å². The average molecular weight is 255 g/mol. The topological polar surface area (TPSA) is 30.0 Å². The first kappa shape index (κ1) is 11.4. The van der Waals surface area contributed by atoms with E-state index in [1.165, 1.54) is 23.5 Å². The summed E-state index contributed by atoms with van der Waals surface area (Å²) in [6.45, 7) is 1.90. The molecule has 16 heavy (non-hydrogen) atoms. The van der Waals surface area contributed by atoms with Crippen LogP contribution in [0.15, 0.2) is 35.4 Å². The highest BCUT2D eigenvalue weighted by Gasteiger charge is 2.08. The maximum atomic E-state index is 12.9. The zero-order valence-electron chi connectivity index (χ0n) is 8.64. The monoisotopic (exact) mass is 255 g/mol. The molecule has 0 fully saturated rings. The van der Waals surface area contributed by atoms with Crippen LogP contribution in [-0.2, 0) is 16.6 Å². The van der Waals surface area contributed by atoms with Crippen LogP contribution in [0.25, 0.3) is 0 Å². The summed E-state index contributed by atoms with van der Waals surface area (Å²) in [5, 5.41) is 0.950. The lowest BCUT2D eigenvalue weighted by atomic mass is 10.4. The molecule has 2 nitrogen and oxygen atoms in total. The fourth-order valence-electron chi connectivity index (χ4n) is 1.29. The van der Waals surface area contributed by atoms with E-state index >= 15 is 0 Å². The van der Waals surface area contributed by atoms with Crippen LogP contribution in [0.2, 0.25) is 0 Å². The molecule has 0 saturated heterocycles. The minimum Gasteiger partial charge on any atom is -0.254 e. The fourth-order valence-corrected chi connectivity index (χ4v) is 3.41. The van der Waals surface area contributed by atoms with Gasteiger partial charge in [-0.15, -0.1) is 11.3 Å². The highest BCUT2D eigenvalue weighted by molar-refractivity contribution is 7.84. The van der Waals surface area contributed by atoms with Crippen molar-refractivity contribution in [2.24, 2.45) is 0 Å². The lowest BCUT2D eigenvalue weighted by Crippen LogP contribution is -1.95. The first-order chi connectivity index (χ1) is 7.65. The molecule has 1 aromatic carbocycles. The number of aromatic nitrogens is 1. The van der Waals surface area contributed by atoms with E-state index in [1.54, 1.807) is 18.3 Å². The smallest absolute Gasteiger partial charge is 0.124 e. The highest BCUT2D eigenvalue weighted by atomic mass is 32.2. The van der Waals surface area contributed by atoms with E-state index in [0.717, 1.165) is 9.88 Å². The number of nitrogens with zero attached hydrogens (tertiary/aromatic N) is 1. The summed E-state index contributed by atoms with van der Waals surface area (Å²) in [6, 6.07) is 5.90. The van der Waals surface area contributed by atoms with Crippen molar-refractivity contribution in [3.05, 3.63) is 46.2 Å². The maximum absolute atomic E-state index is 12.9. The Morgan fingerprint density at radius 2 is 2.31 bits per heavy atom. The summed E-state index contributed by atoms with van der Waals surface area (Å²) in [4.78, 5) is 5.57. The Morgan fingerprint density at radius 3 is 2.94 bits per heavy atom. The van der Waals surface area contributed by atoms with Crippen LogP contribution in [-0.4, -0.2) is 9.19 Å². The van der Waals surface area contributed by atoms with Gasteiger partial charge in [-0.25, -0.2) is 9.37 Å². The molecule has 0 radical (unpaired) electrons. The van der Waals surface area contributed by atoms with E-state index in [1.807, 2.05) is 6.92 Å². The molecular formula is C11H10FNOS2. The molecule has 0 bridgehead atoms. The van der Waals surface area contributed by atoms with Crippen molar-refractivity contribution in [2.45, 2.75) is 17.6 Å². The number of rotatable bonds is 3. The van der Waals surface area contributed by atoms with Crippen LogP contribution in [0, 0.1) is 12.7 Å². The Kier molecular flexibility index (Phi) is 3.46. The molecule has 1 heterocycles. The van der Waals surface area contributed by atoms with Crippen molar-refractivity contribution in [3.63, 3.8) is 0 Å². The molecule has 1 unspecified atom stereocenters. The lowest BCUT2D eigenvalue weighted by Gasteiger charge is -1.99. The molecular weight excluding hydrogens is 245 g/mol. The molecule has 1 atom stereocenters. The van der Waals surface area contributed by atoms with Crippen molar-refractivity contribution >= 4 is 22.1 Å². The van der Waals surface area contributed by atoms with E-state index in [9.17, 15) is 8.60 Å². The van der Waals surface area contributed by atoms with E-state index in [-0.39, 0.29) is 5.82 Å². The van der Waals surface area contributed by atoms with Gasteiger partial charge in [-0.3, -0.25) is 4.21 Å². The number of hydrogen-bond donors (Lipinski definition) is 0. The summed E-state index contributed by atoms with van der Waals surface area (Å²) >= 11 is 1.52. The van der Waals surface area contributed by atoms with Gasteiger partial charge in [0, 0.05) is 16.0 Å². The normalized spacial score (nSPS) is 12.6. The summed E-state index contributed by atoms with van der Waals surface area (Å²) in [6.07, 6.45) is 1.72. The Balaban J connectivity index is 2.14. The quantitative estimate of drug-likeness (QED) is 0.844. The number of benzene rings is 1. The average Bonchev–Trinajstić information content (AvgIpc) is 2.64. The van der Waals surface area contributed by atoms with E-state index in [2.05, 4.69) is 4.98 Å². The van der Waals surface area contributed by atoms with Gasteiger partial charge < -0.3 is 0 Å². The largest absolute Gasteiger partial charge is 0.254 e. The molecule has 0 N–H and O–H groups in total. The summed E-state index contributed by atoms with van der Waals surface area (Å²) < 4.78 is 24.8. The third-order valence-electron chi connectivity index (χ3n) is 2.00. The second kappa shape index (κ2) is 4.84. The number of hydrogen-bond acceptors (Lipinski definition) is 3. The third kappa shape index (κ3) is 2.74. The fraction of sp³-hybridized carbons (Fsp3) is 0.182. The predicted molar refractivity (Wildman–Crippen MR) is 63.4 cm³/mol. The van der Waals surface area contributed by atoms with Gasteiger partial charge in [0.1, 0.15) is 5.82 Å². The molecule has 0 amide bonds. The number of thiazole rings is 1. The van der Waals surface area contributed by atoms with Crippen LogP contribution in [0.4, 0.5) is 4.39 Å². The Labute approximate surface area is 99.6 Å². The summed E-state index contributed by atoms with van der Waals surface area (Å²) in [5.41, 5.74) is 0. The molecule has 0 saturated carbocycles. The number of halogens is 1.